The molecule has 0 aliphatic heterocycles. The van der Waals surface area contributed by atoms with Gasteiger partial charge in [0, 0.05) is 0 Å². The van der Waals surface area contributed by atoms with Crippen molar-refractivity contribution >= 4 is 64.7 Å². The van der Waals surface area contributed by atoms with Crippen LogP contribution in [-0.4, -0.2) is 12.3 Å². The molecule has 0 bridgehead atoms. The third kappa shape index (κ3) is 189. The summed E-state index contributed by atoms with van der Waals surface area (Å²) in [5, 5.41) is 0. The first-order valence-corrected chi connectivity index (χ1v) is 63.8. The molecular formula is C122H259P7. The zero-order chi connectivity index (χ0) is 95.9. The molecule has 0 N–H and O–H groups in total. The highest BCUT2D eigenvalue weighted by atomic mass is 31.0. The highest BCUT2D eigenvalue weighted by Gasteiger charge is 2.10. The van der Waals surface area contributed by atoms with Gasteiger partial charge in [-0.3, -0.25) is 0 Å². The number of unbranched alkanes of at least 4 members (excludes halogenated alkanes) is 95. The van der Waals surface area contributed by atoms with Gasteiger partial charge in [0.15, 0.2) is 0 Å². The summed E-state index contributed by atoms with van der Waals surface area (Å²) in [7, 11) is 16.9. The largest absolute Gasteiger partial charge is 0.138 e. The predicted octanol–water partition coefficient (Wildman–Crippen LogP) is 49.3. The molecule has 129 heavy (non-hydrogen) atoms. The van der Waals surface area contributed by atoms with E-state index in [0.29, 0.717) is 0 Å². The fraction of sp³-hybridized carbons (Fsp3) is 0.902. The van der Waals surface area contributed by atoms with Crippen molar-refractivity contribution in [2.45, 2.75) is 691 Å². The monoisotopic (exact) mass is 1940 g/mol. The lowest BCUT2D eigenvalue weighted by Gasteiger charge is -2.17. The molecule has 8 unspecified atom stereocenters. The Morgan fingerprint density at radius 1 is 0.140 bits per heavy atom. The second-order valence-corrected chi connectivity index (χ2v) is 42.8. The third-order valence-corrected chi connectivity index (χ3v) is 25.9. The van der Waals surface area contributed by atoms with Crippen LogP contribution in [0.5, 0.6) is 0 Å². The molecule has 0 aromatic rings. The smallest absolute Gasteiger partial charge is 0.0410 e. The van der Waals surface area contributed by atoms with Crippen LogP contribution in [0.15, 0.2) is 75.1 Å². The summed E-state index contributed by atoms with van der Waals surface area (Å²) < 4.78 is 0. The van der Waals surface area contributed by atoms with Gasteiger partial charge in [-0.25, -0.2) is 0 Å². The Labute approximate surface area is 842 Å². The molecule has 7 heteroatoms. The molecule has 0 aliphatic rings. The van der Waals surface area contributed by atoms with Crippen molar-refractivity contribution in [1.29, 1.82) is 0 Å². The van der Waals surface area contributed by atoms with Crippen molar-refractivity contribution in [3.05, 3.63) is 75.1 Å². The first-order valence-electron chi connectivity index (χ1n) is 58.8. The molecule has 0 heterocycles. The first kappa shape index (κ1) is 151. The molecule has 0 aromatic carbocycles. The zero-order valence-corrected chi connectivity index (χ0v) is 98.4. The van der Waals surface area contributed by atoms with Crippen LogP contribution in [0, 0.1) is 5.92 Å². The van der Waals surface area contributed by atoms with Crippen molar-refractivity contribution < 1.29 is 0 Å². The molecule has 0 aliphatic carbocycles. The van der Waals surface area contributed by atoms with Gasteiger partial charge in [-0.2, -0.15) is 0 Å². The van der Waals surface area contributed by atoms with E-state index in [1.54, 1.807) is 48.3 Å². The molecular weight excluding hydrogens is 1680 g/mol. The van der Waals surface area contributed by atoms with E-state index >= 15 is 0 Å². The van der Waals surface area contributed by atoms with E-state index in [0.717, 1.165) is 5.92 Å². The van der Waals surface area contributed by atoms with E-state index in [-0.39, 0.29) is 7.43 Å². The van der Waals surface area contributed by atoms with Gasteiger partial charge in [-0.1, -0.05) is 753 Å². The molecule has 0 saturated heterocycles. The molecule has 782 valence electrons. The molecule has 0 rings (SSSR count). The average molecular weight is 1940 g/mol. The Balaban J connectivity index is -0.000000662. The fourth-order valence-electron chi connectivity index (χ4n) is 18.2. The molecule has 8 atom stereocenters. The van der Waals surface area contributed by atoms with E-state index < -0.39 is 0 Å². The lowest BCUT2D eigenvalue weighted by atomic mass is 9.89. The van der Waals surface area contributed by atoms with Gasteiger partial charge >= 0.3 is 0 Å². The summed E-state index contributed by atoms with van der Waals surface area (Å²) in [6, 6.07) is 0. The van der Waals surface area contributed by atoms with Gasteiger partial charge in [-0.05, 0) is 18.2 Å². The minimum Gasteiger partial charge on any atom is -0.138 e. The number of hydrogen-bond acceptors (Lipinski definition) is 0. The Kier molecular flexibility index (Phi) is 197. The topological polar surface area (TPSA) is 0 Å². The highest BCUT2D eigenvalue weighted by molar-refractivity contribution is 7.21. The predicted molar refractivity (Wildman–Crippen MR) is 645 cm³/mol. The first-order chi connectivity index (χ1) is 63.2. The van der Waals surface area contributed by atoms with Crippen LogP contribution in [0.1, 0.15) is 691 Å². The van der Waals surface area contributed by atoms with Gasteiger partial charge < -0.3 is 0 Å². The molecule has 0 saturated carbocycles. The molecule has 0 spiro atoms. The van der Waals surface area contributed by atoms with E-state index in [2.05, 4.69) is 145 Å². The summed E-state index contributed by atoms with van der Waals surface area (Å²) in [4.78, 5) is 0. The maximum absolute atomic E-state index is 3.32. The van der Waals surface area contributed by atoms with Crippen LogP contribution < -0.4 is 0 Å². The van der Waals surface area contributed by atoms with Crippen molar-refractivity contribution in [3.63, 3.8) is 0 Å². The average Bonchev–Trinajstić information content (AvgIpc) is 0.991. The second-order valence-electron chi connectivity index (χ2n) is 38.8. The lowest BCUT2D eigenvalue weighted by molar-refractivity contribution is 0.365. The Bertz CT molecular complexity index is 1680. The lowest BCUT2D eigenvalue weighted by Crippen LogP contribution is -2.01. The van der Waals surface area contributed by atoms with Gasteiger partial charge in [0.05, 0.1) is 0 Å². The van der Waals surface area contributed by atoms with Crippen LogP contribution >= 0.6 is 64.7 Å². The maximum Gasteiger partial charge on any atom is -0.0410 e. The van der Waals surface area contributed by atoms with Gasteiger partial charge in [0.25, 0.3) is 0 Å². The minimum atomic E-state index is 0. The van der Waals surface area contributed by atoms with Crippen LogP contribution in [0.3, 0.4) is 0 Å². The molecule has 0 nitrogen and oxygen atoms in total. The van der Waals surface area contributed by atoms with Gasteiger partial charge in [0.2, 0.25) is 0 Å². The minimum absolute atomic E-state index is 0. The zero-order valence-electron chi connectivity index (χ0n) is 90.3. The SMILES string of the molecule is C.C=C.C=CP.C=CP.C=CP.C=CP.C=CP.CCCCCCCCCCCCCCCCCCCCCCCCCCCCCCCCCCCCCCCCC(CCCCCCCCCCCCCCCCCCCCCCCCCCCCC)CCCCCCCCCCCCCCCCCCCCCCCCCCCCCCCCCCC.CCP.CCP. The van der Waals surface area contributed by atoms with E-state index in [4.69, 9.17) is 0 Å². The van der Waals surface area contributed by atoms with Crippen molar-refractivity contribution in [1.82, 2.24) is 0 Å². The summed E-state index contributed by atoms with van der Waals surface area (Å²) >= 11 is 0. The molecule has 0 amide bonds. The van der Waals surface area contributed by atoms with Crippen LogP contribution in [0.4, 0.5) is 0 Å². The summed E-state index contributed by atoms with van der Waals surface area (Å²) in [6.45, 7) is 33.8. The van der Waals surface area contributed by atoms with Crippen molar-refractivity contribution in [2.24, 2.45) is 5.92 Å². The Morgan fingerprint density at radius 3 is 0.240 bits per heavy atom. The van der Waals surface area contributed by atoms with E-state index in [1.165, 1.54) is 642 Å². The Hall–Kier alpha value is 1.45. The summed E-state index contributed by atoms with van der Waals surface area (Å²) in [6.07, 6.45) is 153. The standard InChI is InChI=1S/C105H212.2C2H7P.5C2H5P.C2H4.CH4/c1-4-7-10-13-16-19-22-25-28-31-34-37-40-43-46-48-50-52-53-54-55-56-58-60-62-65-68-71-74-77-80-83-86-89-92-95-98-101-104-105(102-99-96-93-90-87-84-81-78-75-72-69-66-63-45-42-39-36-33-30-27-24-21-18-15-12-9-6-3)103-100-97-94-91-88-85-82-79-76-73-70-67-64-61-59-57-51-49-47-44-41-38-35-32-29-26-23-20-17-14-11-8-5-2;7*1-2-3;1-2;/h105H,4-104H2,1-3H3;2*2-3H2,1H3;5*2H,1,3H2;1-2H2;1H4. The maximum atomic E-state index is 3.32. The van der Waals surface area contributed by atoms with E-state index in [9.17, 15) is 0 Å². The summed E-state index contributed by atoms with van der Waals surface area (Å²) in [5.74, 6) is 9.36. The van der Waals surface area contributed by atoms with Crippen molar-refractivity contribution in [3.8, 4) is 0 Å². The highest BCUT2D eigenvalue weighted by Crippen LogP contribution is 2.28. The summed E-state index contributed by atoms with van der Waals surface area (Å²) in [5.41, 5.74) is 0. The van der Waals surface area contributed by atoms with Crippen LogP contribution in [-0.2, 0) is 0 Å². The Morgan fingerprint density at radius 2 is 0.186 bits per heavy atom. The van der Waals surface area contributed by atoms with Gasteiger partial charge in [-0.15, -0.1) is 77.8 Å². The van der Waals surface area contributed by atoms with E-state index in [1.807, 2.05) is 0 Å². The van der Waals surface area contributed by atoms with Crippen LogP contribution in [0.2, 0.25) is 0 Å². The molecule has 0 aromatic heterocycles. The second kappa shape index (κ2) is 169. The molecule has 0 radical (unpaired) electrons. The number of rotatable bonds is 101. The van der Waals surface area contributed by atoms with Crippen LogP contribution in [0.25, 0.3) is 0 Å². The normalized spacial score (nSPS) is 10.7. The fourth-order valence-corrected chi connectivity index (χ4v) is 18.2. The van der Waals surface area contributed by atoms with Gasteiger partial charge in [0.1, 0.15) is 0 Å². The van der Waals surface area contributed by atoms with Crippen molar-refractivity contribution in [2.75, 3.05) is 12.3 Å². The third-order valence-electron chi connectivity index (χ3n) is 25.9. The molecule has 0 fully saturated rings. The quantitative estimate of drug-likeness (QED) is 0.0323. The number of hydrogen-bond donors (Lipinski definition) is 0.